The van der Waals surface area contributed by atoms with Crippen molar-refractivity contribution < 1.29 is 22.8 Å². The molecule has 2 aromatic carbocycles. The minimum absolute atomic E-state index is 0.126. The van der Waals surface area contributed by atoms with Crippen molar-refractivity contribution in [3.8, 4) is 11.1 Å². The molecule has 0 bridgehead atoms. The summed E-state index contributed by atoms with van der Waals surface area (Å²) in [5, 5.41) is 4.10. The molecule has 6 rings (SSSR count). The Labute approximate surface area is 219 Å². The highest BCUT2D eigenvalue weighted by atomic mass is 19.2. The van der Waals surface area contributed by atoms with Gasteiger partial charge in [-0.2, -0.15) is 0 Å². The molecule has 0 radical (unpaired) electrons. The fraction of sp³-hybridized carbons (Fsp3) is 0.414. The van der Waals surface area contributed by atoms with Crippen molar-refractivity contribution in [3.63, 3.8) is 0 Å². The molecule has 0 unspecified atom stereocenters. The van der Waals surface area contributed by atoms with Crippen LogP contribution in [0, 0.1) is 25.5 Å². The van der Waals surface area contributed by atoms with Crippen LogP contribution in [0.3, 0.4) is 0 Å². The van der Waals surface area contributed by atoms with Crippen LogP contribution in [-0.2, 0) is 9.53 Å². The van der Waals surface area contributed by atoms with Gasteiger partial charge in [0.25, 0.3) is 0 Å². The summed E-state index contributed by atoms with van der Waals surface area (Å²) in [5.41, 5.74) is 4.87. The number of rotatable bonds is 5. The number of hydrogen-bond acceptors (Lipinski definition) is 5. The molecule has 38 heavy (non-hydrogen) atoms. The number of aromatic nitrogens is 3. The van der Waals surface area contributed by atoms with E-state index >= 15 is 0 Å². The van der Waals surface area contributed by atoms with E-state index in [1.165, 1.54) is 6.07 Å². The fourth-order valence-corrected chi connectivity index (χ4v) is 6.21. The van der Waals surface area contributed by atoms with Gasteiger partial charge in [-0.3, -0.25) is 4.79 Å². The molecule has 1 aliphatic heterocycles. The Bertz CT molecular complexity index is 1500. The smallest absolute Gasteiger partial charge is 0.227 e. The van der Waals surface area contributed by atoms with Crippen molar-refractivity contribution >= 4 is 22.6 Å². The lowest BCUT2D eigenvalue weighted by Gasteiger charge is -2.32. The van der Waals surface area contributed by atoms with Crippen LogP contribution >= 0.6 is 0 Å². The van der Waals surface area contributed by atoms with Crippen LogP contribution in [0.2, 0.25) is 0 Å². The Morgan fingerprint density at radius 3 is 2.47 bits per heavy atom. The molecular formula is C29H30F2N4O3. The van der Waals surface area contributed by atoms with Crippen molar-refractivity contribution in [3.05, 3.63) is 65.3 Å². The molecule has 7 nitrogen and oxygen atoms in total. The SMILES string of the molecule is CO[C@H]1CC[C@H](n2c([C@@H]3CCC(=O)N3c3ccc(F)c(F)c3)nc3cc(-c4c(C)noc4C)ccc32)CC1. The quantitative estimate of drug-likeness (QED) is 0.297. The maximum absolute atomic E-state index is 14.2. The minimum Gasteiger partial charge on any atom is -0.381 e. The zero-order valence-corrected chi connectivity index (χ0v) is 21.7. The van der Waals surface area contributed by atoms with Gasteiger partial charge in [0.15, 0.2) is 11.6 Å². The number of carbonyl (C=O) groups excluding carboxylic acids is 1. The first-order valence-corrected chi connectivity index (χ1v) is 13.1. The van der Waals surface area contributed by atoms with E-state index in [-0.39, 0.29) is 24.1 Å². The second-order valence-corrected chi connectivity index (χ2v) is 10.3. The van der Waals surface area contributed by atoms with Crippen LogP contribution in [0.15, 0.2) is 40.9 Å². The minimum atomic E-state index is -0.976. The van der Waals surface area contributed by atoms with Crippen LogP contribution in [0.5, 0.6) is 0 Å². The largest absolute Gasteiger partial charge is 0.381 e. The number of hydrogen-bond donors (Lipinski definition) is 0. The highest BCUT2D eigenvalue weighted by Gasteiger charge is 2.38. The van der Waals surface area contributed by atoms with Gasteiger partial charge in [-0.25, -0.2) is 13.8 Å². The number of fused-ring (bicyclic) bond motifs is 1. The van der Waals surface area contributed by atoms with Gasteiger partial charge >= 0.3 is 0 Å². The van der Waals surface area contributed by atoms with Gasteiger partial charge in [0.05, 0.1) is 28.9 Å². The Hall–Kier alpha value is -3.59. The molecule has 1 aliphatic carbocycles. The number of halogens is 2. The summed E-state index contributed by atoms with van der Waals surface area (Å²) in [6, 6.07) is 9.60. The molecular weight excluding hydrogens is 490 g/mol. The number of benzene rings is 2. The topological polar surface area (TPSA) is 73.4 Å². The predicted molar refractivity (Wildman–Crippen MR) is 139 cm³/mol. The van der Waals surface area contributed by atoms with E-state index < -0.39 is 11.6 Å². The van der Waals surface area contributed by atoms with Crippen molar-refractivity contribution in [1.82, 2.24) is 14.7 Å². The fourth-order valence-electron chi connectivity index (χ4n) is 6.21. The van der Waals surface area contributed by atoms with E-state index in [0.717, 1.165) is 77.3 Å². The molecule has 1 atom stereocenters. The van der Waals surface area contributed by atoms with Crippen LogP contribution in [0.4, 0.5) is 14.5 Å². The third-order valence-corrected chi connectivity index (χ3v) is 8.07. The Morgan fingerprint density at radius 1 is 1.00 bits per heavy atom. The number of imidazole rings is 1. The summed E-state index contributed by atoms with van der Waals surface area (Å²) in [5.74, 6) is -0.529. The number of carbonyl (C=O) groups is 1. The molecule has 2 aliphatic rings. The van der Waals surface area contributed by atoms with Gasteiger partial charge in [-0.05, 0) is 75.8 Å². The van der Waals surface area contributed by atoms with Gasteiger partial charge in [-0.1, -0.05) is 11.2 Å². The standard InChI is InChI=1S/C29H30F2N4O3/c1-16-28(17(2)38-33-16)18-4-11-25-24(14-18)32-29(35(25)19-5-8-21(37-3)9-6-19)26-12-13-27(36)34(26)20-7-10-22(30)23(31)15-20/h4,7,10-11,14-15,19,21,26H,5-6,8-9,12-13H2,1-3H3/t19-,21-,26-/m0/s1. The second-order valence-electron chi connectivity index (χ2n) is 10.3. The number of aryl methyl sites for hydroxylation is 2. The van der Waals surface area contributed by atoms with E-state index in [1.807, 2.05) is 19.9 Å². The Morgan fingerprint density at radius 2 is 1.79 bits per heavy atom. The van der Waals surface area contributed by atoms with Gasteiger partial charge < -0.3 is 18.7 Å². The van der Waals surface area contributed by atoms with Crippen LogP contribution < -0.4 is 4.90 Å². The number of amides is 1. The normalized spacial score (nSPS) is 22.1. The van der Waals surface area contributed by atoms with E-state index in [4.69, 9.17) is 14.2 Å². The third-order valence-electron chi connectivity index (χ3n) is 8.07. The van der Waals surface area contributed by atoms with E-state index in [0.29, 0.717) is 18.5 Å². The summed E-state index contributed by atoms with van der Waals surface area (Å²) in [7, 11) is 1.75. The summed E-state index contributed by atoms with van der Waals surface area (Å²) < 4.78 is 41.2. The maximum atomic E-state index is 14.2. The van der Waals surface area contributed by atoms with E-state index in [1.54, 1.807) is 12.0 Å². The molecule has 3 heterocycles. The van der Waals surface area contributed by atoms with Crippen LogP contribution in [0.25, 0.3) is 22.2 Å². The first-order valence-electron chi connectivity index (χ1n) is 13.1. The lowest BCUT2D eigenvalue weighted by atomic mass is 9.92. The van der Waals surface area contributed by atoms with Crippen LogP contribution in [0.1, 0.15) is 67.9 Å². The first-order chi connectivity index (χ1) is 18.4. The lowest BCUT2D eigenvalue weighted by molar-refractivity contribution is -0.117. The molecule has 198 valence electrons. The van der Waals surface area contributed by atoms with Gasteiger partial charge in [0.2, 0.25) is 5.91 Å². The van der Waals surface area contributed by atoms with E-state index in [2.05, 4.69) is 21.9 Å². The number of ether oxygens (including phenoxy) is 1. The van der Waals surface area contributed by atoms with Crippen LogP contribution in [-0.4, -0.2) is 33.8 Å². The molecule has 2 fully saturated rings. The van der Waals surface area contributed by atoms with Gasteiger partial charge in [0, 0.05) is 36.9 Å². The van der Waals surface area contributed by atoms with Crippen molar-refractivity contribution in [2.24, 2.45) is 0 Å². The molecule has 0 N–H and O–H groups in total. The second kappa shape index (κ2) is 9.62. The summed E-state index contributed by atoms with van der Waals surface area (Å²) in [6.45, 7) is 3.81. The Kier molecular flexibility index (Phi) is 6.26. The van der Waals surface area contributed by atoms with Crippen molar-refractivity contribution in [2.75, 3.05) is 12.0 Å². The van der Waals surface area contributed by atoms with Gasteiger partial charge in [-0.15, -0.1) is 0 Å². The number of nitrogens with zero attached hydrogens (tertiary/aromatic N) is 4. The predicted octanol–water partition coefficient (Wildman–Crippen LogP) is 6.58. The summed E-state index contributed by atoms with van der Waals surface area (Å²) in [4.78, 5) is 19.8. The molecule has 0 spiro atoms. The summed E-state index contributed by atoms with van der Waals surface area (Å²) in [6.07, 6.45) is 4.83. The molecule has 1 amide bonds. The molecule has 9 heteroatoms. The molecule has 2 aromatic heterocycles. The van der Waals surface area contributed by atoms with E-state index in [9.17, 15) is 13.6 Å². The first kappa shape index (κ1) is 24.7. The van der Waals surface area contributed by atoms with Crippen molar-refractivity contribution in [1.29, 1.82) is 0 Å². The molecule has 1 saturated carbocycles. The van der Waals surface area contributed by atoms with Crippen molar-refractivity contribution in [2.45, 2.75) is 70.6 Å². The molecule has 4 aromatic rings. The van der Waals surface area contributed by atoms with Gasteiger partial charge in [0.1, 0.15) is 11.6 Å². The maximum Gasteiger partial charge on any atom is 0.227 e. The zero-order chi connectivity index (χ0) is 26.6. The number of anilines is 1. The average Bonchev–Trinajstić information content (AvgIpc) is 3.59. The lowest BCUT2D eigenvalue weighted by Crippen LogP contribution is -2.31. The number of methoxy groups -OCH3 is 1. The Balaban J connectivity index is 1.49. The highest BCUT2D eigenvalue weighted by Crippen LogP contribution is 2.42. The highest BCUT2D eigenvalue weighted by molar-refractivity contribution is 5.96. The average molecular weight is 521 g/mol. The monoisotopic (exact) mass is 520 g/mol. The summed E-state index contributed by atoms with van der Waals surface area (Å²) >= 11 is 0. The third kappa shape index (κ3) is 4.09. The molecule has 1 saturated heterocycles. The zero-order valence-electron chi connectivity index (χ0n) is 21.7.